The fourth-order valence-electron chi connectivity index (χ4n) is 4.04. The Labute approximate surface area is 223 Å². The Morgan fingerprint density at radius 2 is 1.82 bits per heavy atom. The molecule has 1 amide bonds. The van der Waals surface area contributed by atoms with Gasteiger partial charge in [0.15, 0.2) is 6.10 Å². The van der Waals surface area contributed by atoms with E-state index in [1.54, 1.807) is 35.2 Å². The fraction of sp³-hybridized carbons (Fsp3) is 0.360. The van der Waals surface area contributed by atoms with Crippen LogP contribution in [0.1, 0.15) is 23.7 Å². The Kier molecular flexibility index (Phi) is 8.76. The van der Waals surface area contributed by atoms with Gasteiger partial charge in [-0.15, -0.1) is 13.2 Å². The molecule has 4 rings (SSSR count). The first-order chi connectivity index (χ1) is 18.6. The zero-order chi connectivity index (χ0) is 28.0. The van der Waals surface area contributed by atoms with E-state index in [0.29, 0.717) is 43.1 Å². The summed E-state index contributed by atoms with van der Waals surface area (Å²) in [6, 6.07) is 12.5. The number of alkyl halides is 3. The van der Waals surface area contributed by atoms with Gasteiger partial charge in [0.05, 0.1) is 29.7 Å². The maximum absolute atomic E-state index is 13.3. The third-order valence-electron chi connectivity index (χ3n) is 6.04. The Hall–Kier alpha value is -3.64. The van der Waals surface area contributed by atoms with Crippen molar-refractivity contribution in [3.05, 3.63) is 71.4 Å². The molecule has 2 aromatic carbocycles. The maximum atomic E-state index is 13.3. The zero-order valence-corrected chi connectivity index (χ0v) is 21.4. The summed E-state index contributed by atoms with van der Waals surface area (Å²) in [6.45, 7) is 1.64. The molecule has 0 aliphatic carbocycles. The van der Waals surface area contributed by atoms with Gasteiger partial charge in [0.2, 0.25) is 10.0 Å². The predicted octanol–water partition coefficient (Wildman–Crippen LogP) is 2.86. The van der Waals surface area contributed by atoms with Gasteiger partial charge in [0, 0.05) is 38.3 Å². The molecule has 10 nitrogen and oxygen atoms in total. The first kappa shape index (κ1) is 28.4. The van der Waals surface area contributed by atoms with Crippen molar-refractivity contribution in [2.45, 2.75) is 23.8 Å². The molecule has 2 aliphatic heterocycles. The lowest BCUT2D eigenvalue weighted by atomic mass is 10.1. The number of rotatable bonds is 8. The van der Waals surface area contributed by atoms with Crippen molar-refractivity contribution in [2.24, 2.45) is 0 Å². The van der Waals surface area contributed by atoms with E-state index in [1.807, 2.05) is 6.07 Å². The van der Waals surface area contributed by atoms with Gasteiger partial charge in [-0.2, -0.15) is 9.57 Å². The van der Waals surface area contributed by atoms with Gasteiger partial charge in [-0.25, -0.2) is 8.42 Å². The summed E-state index contributed by atoms with van der Waals surface area (Å²) in [5.74, 6) is -0.829. The lowest BCUT2D eigenvalue weighted by molar-refractivity contribution is -0.274. The van der Waals surface area contributed by atoms with Crippen molar-refractivity contribution in [1.29, 1.82) is 5.26 Å². The minimum atomic E-state index is -4.88. The number of ether oxygens (including phenoxy) is 2. The van der Waals surface area contributed by atoms with Gasteiger partial charge in [-0.3, -0.25) is 15.1 Å². The number of halogens is 3. The van der Waals surface area contributed by atoms with Crippen molar-refractivity contribution in [3.63, 3.8) is 0 Å². The first-order valence-electron chi connectivity index (χ1n) is 11.9. The van der Waals surface area contributed by atoms with Crippen molar-refractivity contribution in [3.8, 4) is 11.8 Å². The summed E-state index contributed by atoms with van der Waals surface area (Å²) >= 11 is 0. The molecule has 1 saturated heterocycles. The minimum absolute atomic E-state index is 0.0270. The minimum Gasteiger partial charge on any atom is -0.406 e. The molecule has 1 atom stereocenters. The van der Waals surface area contributed by atoms with Crippen LogP contribution in [0.25, 0.3) is 0 Å². The van der Waals surface area contributed by atoms with Crippen LogP contribution < -0.4 is 10.2 Å². The number of morpholine rings is 1. The van der Waals surface area contributed by atoms with Crippen LogP contribution in [0.2, 0.25) is 0 Å². The van der Waals surface area contributed by atoms with E-state index in [-0.39, 0.29) is 30.3 Å². The number of nitrogens with one attached hydrogen (secondary N) is 1. The summed E-state index contributed by atoms with van der Waals surface area (Å²) in [5, 5.41) is 9.26. The van der Waals surface area contributed by atoms with Gasteiger partial charge in [-0.05, 0) is 48.0 Å². The highest BCUT2D eigenvalue weighted by molar-refractivity contribution is 7.89. The fourth-order valence-corrected chi connectivity index (χ4v) is 5.42. The van der Waals surface area contributed by atoms with Gasteiger partial charge < -0.3 is 14.4 Å². The Balaban J connectivity index is 1.42. The molecule has 0 aromatic heterocycles. The average molecular weight is 567 g/mol. The van der Waals surface area contributed by atoms with Crippen LogP contribution in [0, 0.1) is 11.3 Å². The molecule has 208 valence electrons. The molecule has 0 bridgehead atoms. The van der Waals surface area contributed by atoms with E-state index in [0.717, 1.165) is 24.3 Å². The van der Waals surface area contributed by atoms with Crippen LogP contribution >= 0.6 is 0 Å². The molecule has 2 aliphatic rings. The van der Waals surface area contributed by atoms with Gasteiger partial charge >= 0.3 is 6.36 Å². The van der Waals surface area contributed by atoms with Crippen molar-refractivity contribution in [2.75, 3.05) is 39.4 Å². The molecule has 14 heteroatoms. The number of carbonyl (C=O) groups is 1. The third kappa shape index (κ3) is 7.27. The Morgan fingerprint density at radius 3 is 2.44 bits per heavy atom. The van der Waals surface area contributed by atoms with E-state index < -0.39 is 28.2 Å². The summed E-state index contributed by atoms with van der Waals surface area (Å²) in [5.41, 5.74) is 4.17. The predicted molar refractivity (Wildman–Crippen MR) is 130 cm³/mol. The number of nitrogens with zero attached hydrogens (tertiary/aromatic N) is 3. The van der Waals surface area contributed by atoms with Crippen LogP contribution in [0.3, 0.4) is 0 Å². The zero-order valence-electron chi connectivity index (χ0n) is 20.6. The summed E-state index contributed by atoms with van der Waals surface area (Å²) in [4.78, 5) is 20.5. The molecular formula is C25H25F3N4O6S. The smallest absolute Gasteiger partial charge is 0.406 e. The molecule has 0 spiro atoms. The van der Waals surface area contributed by atoms with E-state index >= 15 is 0 Å². The molecule has 0 radical (unpaired) electrons. The number of nitriles is 1. The van der Waals surface area contributed by atoms with Crippen LogP contribution in [0.5, 0.6) is 5.75 Å². The highest BCUT2D eigenvalue weighted by atomic mass is 32.2. The Bertz CT molecular complexity index is 1350. The number of hydrogen-bond donors (Lipinski definition) is 1. The highest BCUT2D eigenvalue weighted by Crippen LogP contribution is 2.27. The number of hydrogen-bond acceptors (Lipinski definition) is 8. The van der Waals surface area contributed by atoms with E-state index in [1.165, 1.54) is 4.31 Å². The molecule has 1 unspecified atom stereocenters. The summed E-state index contributed by atoms with van der Waals surface area (Å²) < 4.78 is 73.3. The largest absolute Gasteiger partial charge is 0.573 e. The number of sulfonamides is 1. The van der Waals surface area contributed by atoms with Crippen molar-refractivity contribution >= 4 is 15.9 Å². The standard InChI is InChI=1S/C25H25F3N4O6S/c26-25(27,28)37-21-4-6-22(7-5-21)39(34,35)32-10-8-20(9-11-32)30-38-23(19-3-1-2-18(16-19)17-29)24(33)31-12-14-36-15-13-31/h1-8,16,23,30H,9-15H2. The van der Waals surface area contributed by atoms with Crippen LogP contribution in [-0.2, 0) is 24.4 Å². The van der Waals surface area contributed by atoms with E-state index in [4.69, 9.17) is 9.57 Å². The molecule has 39 heavy (non-hydrogen) atoms. The first-order valence-corrected chi connectivity index (χ1v) is 13.3. The van der Waals surface area contributed by atoms with Crippen molar-refractivity contribution in [1.82, 2.24) is 14.7 Å². The number of benzene rings is 2. The number of hydroxylamine groups is 1. The van der Waals surface area contributed by atoms with Crippen molar-refractivity contribution < 1.29 is 40.7 Å². The second kappa shape index (κ2) is 12.0. The summed E-state index contributed by atoms with van der Waals surface area (Å²) in [7, 11) is -3.98. The lowest BCUT2D eigenvalue weighted by Gasteiger charge is -2.31. The molecule has 2 aromatic rings. The van der Waals surface area contributed by atoms with Crippen LogP contribution in [-0.4, -0.2) is 69.3 Å². The molecular weight excluding hydrogens is 541 g/mol. The average Bonchev–Trinajstić information content (AvgIpc) is 2.93. The van der Waals surface area contributed by atoms with Gasteiger partial charge in [0.25, 0.3) is 5.91 Å². The summed E-state index contributed by atoms with van der Waals surface area (Å²) in [6.07, 6.45) is -4.13. The third-order valence-corrected chi connectivity index (χ3v) is 7.92. The molecule has 2 heterocycles. The quantitative estimate of drug-likeness (QED) is 0.485. The van der Waals surface area contributed by atoms with Gasteiger partial charge in [0.1, 0.15) is 5.75 Å². The van der Waals surface area contributed by atoms with Crippen LogP contribution in [0.15, 0.2) is 65.2 Å². The van der Waals surface area contributed by atoms with Gasteiger partial charge in [-0.1, -0.05) is 12.1 Å². The number of amides is 1. The van der Waals surface area contributed by atoms with E-state index in [9.17, 15) is 31.6 Å². The molecule has 0 saturated carbocycles. The monoisotopic (exact) mass is 566 g/mol. The topological polar surface area (TPSA) is 121 Å². The Morgan fingerprint density at radius 1 is 1.10 bits per heavy atom. The van der Waals surface area contributed by atoms with E-state index in [2.05, 4.69) is 10.2 Å². The lowest BCUT2D eigenvalue weighted by Crippen LogP contribution is -2.44. The SMILES string of the molecule is N#Cc1cccc(C(ONC2=CCN(S(=O)(=O)c3ccc(OC(F)(F)F)cc3)CC2)C(=O)N2CCOCC2)c1. The maximum Gasteiger partial charge on any atom is 0.573 e. The second-order valence-corrected chi connectivity index (χ2v) is 10.6. The molecule has 1 N–H and O–H groups in total. The molecule has 1 fully saturated rings. The number of carbonyl (C=O) groups excluding carboxylic acids is 1. The highest BCUT2D eigenvalue weighted by Gasteiger charge is 2.32. The normalized spacial score (nSPS) is 17.6. The van der Waals surface area contributed by atoms with Crippen LogP contribution in [0.4, 0.5) is 13.2 Å². The second-order valence-electron chi connectivity index (χ2n) is 8.64.